The second-order valence-corrected chi connectivity index (χ2v) is 3.28. The minimum absolute atomic E-state index is 0.351. The van der Waals surface area contributed by atoms with Gasteiger partial charge in [-0.05, 0) is 23.3 Å². The largest absolute Gasteiger partial charge is 0.508 e. The van der Waals surface area contributed by atoms with Crippen molar-refractivity contribution in [1.82, 2.24) is 0 Å². The highest BCUT2D eigenvalue weighted by Crippen LogP contribution is 2.27. The number of aromatic hydroxyl groups is 1. The summed E-state index contributed by atoms with van der Waals surface area (Å²) in [6.07, 6.45) is 2.51. The third-order valence-corrected chi connectivity index (χ3v) is 2.36. The molecule has 0 amide bonds. The van der Waals surface area contributed by atoms with Gasteiger partial charge in [-0.15, -0.1) is 6.58 Å². The summed E-state index contributed by atoms with van der Waals surface area (Å²) in [6, 6.07) is 11.7. The fourth-order valence-corrected chi connectivity index (χ4v) is 1.68. The maximum Gasteiger partial charge on any atom is 0.119 e. The predicted molar refractivity (Wildman–Crippen MR) is 59.5 cm³/mol. The third kappa shape index (κ3) is 1.37. The van der Waals surface area contributed by atoms with Crippen molar-refractivity contribution in [1.29, 1.82) is 0 Å². The lowest BCUT2D eigenvalue weighted by Gasteiger charge is -2.06. The molecule has 0 aromatic heterocycles. The van der Waals surface area contributed by atoms with Crippen LogP contribution in [0.3, 0.4) is 0 Å². The van der Waals surface area contributed by atoms with Crippen LogP contribution in [-0.4, -0.2) is 5.11 Å². The van der Waals surface area contributed by atoms with Crippen molar-refractivity contribution >= 4 is 10.8 Å². The lowest BCUT2D eigenvalue weighted by molar-refractivity contribution is 0.471. The first-order valence-electron chi connectivity index (χ1n) is 4.63. The number of benzene rings is 2. The smallest absolute Gasteiger partial charge is 0.119 e. The van der Waals surface area contributed by atoms with E-state index in [0.717, 1.165) is 16.3 Å². The first-order chi connectivity index (χ1) is 6.83. The number of phenols is 1. The number of phenolic OH excluding ortho intramolecular Hbond substituents is 1. The normalized spacial score (nSPS) is 10.3. The highest BCUT2D eigenvalue weighted by molar-refractivity contribution is 5.87. The van der Waals surface area contributed by atoms with Gasteiger partial charge in [0.25, 0.3) is 0 Å². The average molecular weight is 184 g/mol. The minimum Gasteiger partial charge on any atom is -0.508 e. The van der Waals surface area contributed by atoms with Gasteiger partial charge in [-0.3, -0.25) is 0 Å². The summed E-state index contributed by atoms with van der Waals surface area (Å²) >= 11 is 0. The van der Waals surface area contributed by atoms with Gasteiger partial charge in [0.15, 0.2) is 0 Å². The van der Waals surface area contributed by atoms with Crippen LogP contribution in [0.1, 0.15) is 5.56 Å². The first-order valence-corrected chi connectivity index (χ1v) is 4.63. The summed E-state index contributed by atoms with van der Waals surface area (Å²) in [4.78, 5) is 0. The van der Waals surface area contributed by atoms with E-state index in [4.69, 9.17) is 0 Å². The predicted octanol–water partition coefficient (Wildman–Crippen LogP) is 3.27. The molecule has 0 aliphatic carbocycles. The summed E-state index contributed by atoms with van der Waals surface area (Å²) in [7, 11) is 0. The molecule has 0 atom stereocenters. The molecule has 2 aromatic rings. The second-order valence-electron chi connectivity index (χ2n) is 3.28. The standard InChI is InChI=1S/C13H12O/c1-2-5-12-11-7-4-3-6-10(11)8-9-13(12)14/h2-4,6-9,14H,1,5H2. The third-order valence-electron chi connectivity index (χ3n) is 2.36. The van der Waals surface area contributed by atoms with Gasteiger partial charge in [0.05, 0.1) is 0 Å². The van der Waals surface area contributed by atoms with E-state index in [-0.39, 0.29) is 0 Å². The van der Waals surface area contributed by atoms with Gasteiger partial charge >= 0.3 is 0 Å². The van der Waals surface area contributed by atoms with Crippen molar-refractivity contribution < 1.29 is 5.11 Å². The van der Waals surface area contributed by atoms with Crippen LogP contribution in [-0.2, 0) is 6.42 Å². The van der Waals surface area contributed by atoms with Crippen molar-refractivity contribution in [3.05, 3.63) is 54.6 Å². The Morgan fingerprint density at radius 1 is 1.14 bits per heavy atom. The monoisotopic (exact) mass is 184 g/mol. The van der Waals surface area contributed by atoms with Gasteiger partial charge < -0.3 is 5.11 Å². The summed E-state index contributed by atoms with van der Waals surface area (Å²) in [5.74, 6) is 0.351. The van der Waals surface area contributed by atoms with Gasteiger partial charge in [-0.1, -0.05) is 36.4 Å². The Bertz CT molecular complexity index is 472. The van der Waals surface area contributed by atoms with Gasteiger partial charge in [0.1, 0.15) is 5.75 Å². The molecule has 0 heterocycles. The molecular formula is C13H12O. The number of hydrogen-bond acceptors (Lipinski definition) is 1. The number of fused-ring (bicyclic) bond motifs is 1. The van der Waals surface area contributed by atoms with E-state index in [1.807, 2.05) is 36.4 Å². The van der Waals surface area contributed by atoms with E-state index < -0.39 is 0 Å². The zero-order chi connectivity index (χ0) is 9.97. The SMILES string of the molecule is C=CCc1c(O)ccc2ccccc12. The molecule has 0 unspecified atom stereocenters. The summed E-state index contributed by atoms with van der Waals surface area (Å²) in [5, 5.41) is 12.0. The van der Waals surface area contributed by atoms with Gasteiger partial charge in [-0.2, -0.15) is 0 Å². The minimum atomic E-state index is 0.351. The Balaban J connectivity index is 2.75. The van der Waals surface area contributed by atoms with Crippen LogP contribution in [0.15, 0.2) is 49.1 Å². The molecule has 0 spiro atoms. The van der Waals surface area contributed by atoms with Crippen molar-refractivity contribution in [3.8, 4) is 5.75 Å². The Morgan fingerprint density at radius 3 is 2.71 bits per heavy atom. The van der Waals surface area contributed by atoms with Crippen LogP contribution in [0.5, 0.6) is 5.75 Å². The lowest BCUT2D eigenvalue weighted by Crippen LogP contribution is -1.85. The van der Waals surface area contributed by atoms with E-state index in [9.17, 15) is 5.11 Å². The quantitative estimate of drug-likeness (QED) is 0.710. The van der Waals surface area contributed by atoms with E-state index >= 15 is 0 Å². The first kappa shape index (κ1) is 8.82. The van der Waals surface area contributed by atoms with Crippen molar-refractivity contribution in [3.63, 3.8) is 0 Å². The molecule has 0 radical (unpaired) electrons. The van der Waals surface area contributed by atoms with E-state index in [1.165, 1.54) is 0 Å². The second kappa shape index (κ2) is 3.54. The van der Waals surface area contributed by atoms with Crippen molar-refractivity contribution in [2.75, 3.05) is 0 Å². The Kier molecular flexibility index (Phi) is 2.23. The van der Waals surface area contributed by atoms with Crippen molar-refractivity contribution in [2.24, 2.45) is 0 Å². The van der Waals surface area contributed by atoms with Crippen LogP contribution in [0, 0.1) is 0 Å². The number of hydrogen-bond donors (Lipinski definition) is 1. The molecule has 1 nitrogen and oxygen atoms in total. The Labute approximate surface area is 83.3 Å². The molecule has 0 fully saturated rings. The summed E-state index contributed by atoms with van der Waals surface area (Å²) in [6.45, 7) is 3.69. The molecule has 0 saturated carbocycles. The summed E-state index contributed by atoms with van der Waals surface area (Å²) < 4.78 is 0. The highest BCUT2D eigenvalue weighted by atomic mass is 16.3. The zero-order valence-corrected chi connectivity index (χ0v) is 7.90. The van der Waals surface area contributed by atoms with Gasteiger partial charge in [-0.25, -0.2) is 0 Å². The molecular weight excluding hydrogens is 172 g/mol. The summed E-state index contributed by atoms with van der Waals surface area (Å²) in [5.41, 5.74) is 0.957. The molecule has 1 N–H and O–H groups in total. The van der Waals surface area contributed by atoms with Gasteiger partial charge in [0.2, 0.25) is 0 Å². The molecule has 0 bridgehead atoms. The Morgan fingerprint density at radius 2 is 1.93 bits per heavy atom. The van der Waals surface area contributed by atoms with Crippen LogP contribution >= 0.6 is 0 Å². The van der Waals surface area contributed by atoms with E-state index in [1.54, 1.807) is 6.07 Å². The molecule has 0 aliphatic rings. The number of allylic oxidation sites excluding steroid dienone is 1. The lowest BCUT2D eigenvalue weighted by atomic mass is 10.0. The average Bonchev–Trinajstić information content (AvgIpc) is 2.23. The number of rotatable bonds is 2. The molecule has 0 saturated heterocycles. The molecule has 70 valence electrons. The van der Waals surface area contributed by atoms with Crippen LogP contribution in [0.25, 0.3) is 10.8 Å². The molecule has 14 heavy (non-hydrogen) atoms. The molecule has 2 rings (SSSR count). The van der Waals surface area contributed by atoms with Crippen LogP contribution < -0.4 is 0 Å². The highest BCUT2D eigenvalue weighted by Gasteiger charge is 2.03. The fourth-order valence-electron chi connectivity index (χ4n) is 1.68. The van der Waals surface area contributed by atoms with Gasteiger partial charge in [0, 0.05) is 5.56 Å². The molecule has 0 aliphatic heterocycles. The van der Waals surface area contributed by atoms with E-state index in [2.05, 4.69) is 6.58 Å². The zero-order valence-electron chi connectivity index (χ0n) is 7.90. The maximum absolute atomic E-state index is 9.69. The van der Waals surface area contributed by atoms with Crippen LogP contribution in [0.4, 0.5) is 0 Å². The maximum atomic E-state index is 9.69. The van der Waals surface area contributed by atoms with E-state index in [0.29, 0.717) is 12.2 Å². The topological polar surface area (TPSA) is 20.2 Å². The van der Waals surface area contributed by atoms with Crippen molar-refractivity contribution in [2.45, 2.75) is 6.42 Å². The molecule has 2 aromatic carbocycles. The van der Waals surface area contributed by atoms with Crippen LogP contribution in [0.2, 0.25) is 0 Å². The Hall–Kier alpha value is -1.76. The molecule has 1 heteroatoms. The fraction of sp³-hybridized carbons (Fsp3) is 0.0769.